The summed E-state index contributed by atoms with van der Waals surface area (Å²) in [5.74, 6) is 0.445. The van der Waals surface area contributed by atoms with Crippen molar-refractivity contribution >= 4 is 23.5 Å². The molecule has 0 unspecified atom stereocenters. The lowest BCUT2D eigenvalue weighted by Gasteiger charge is -2.04. The molecule has 0 aliphatic carbocycles. The van der Waals surface area contributed by atoms with Crippen LogP contribution in [0.25, 0.3) is 6.08 Å². The average molecular weight is 321 g/mol. The van der Waals surface area contributed by atoms with Gasteiger partial charge >= 0.3 is 0 Å². The molecule has 122 valence electrons. The fraction of sp³-hybridized carbons (Fsp3) is 0.100. The maximum Gasteiger partial charge on any atom is 0.248 e. The number of Topliss-reactive ketones (excluding diaryl/α,β-unsaturated/α-hetero) is 1. The quantitative estimate of drug-likeness (QED) is 0.474. The number of hydrogen-bond acceptors (Lipinski definition) is 3. The molecule has 0 aliphatic rings. The third-order valence-corrected chi connectivity index (χ3v) is 3.21. The van der Waals surface area contributed by atoms with Crippen LogP contribution < -0.4 is 10.1 Å². The summed E-state index contributed by atoms with van der Waals surface area (Å²) in [4.78, 5) is 23.3. The maximum atomic E-state index is 12.0. The molecule has 4 nitrogen and oxygen atoms in total. The summed E-state index contributed by atoms with van der Waals surface area (Å²) in [5, 5.41) is 2.73. The van der Waals surface area contributed by atoms with E-state index in [1.165, 1.54) is 13.0 Å². The molecular weight excluding hydrogens is 302 g/mol. The van der Waals surface area contributed by atoms with Crippen LogP contribution in [-0.2, 0) is 4.79 Å². The minimum atomic E-state index is -0.261. The molecule has 0 spiro atoms. The molecule has 4 heteroatoms. The van der Waals surface area contributed by atoms with Crippen LogP contribution >= 0.6 is 0 Å². The number of nitrogens with one attached hydrogen (secondary N) is 1. The zero-order valence-corrected chi connectivity index (χ0v) is 13.5. The van der Waals surface area contributed by atoms with Crippen LogP contribution in [0.2, 0.25) is 0 Å². The van der Waals surface area contributed by atoms with Crippen molar-refractivity contribution in [1.82, 2.24) is 0 Å². The molecule has 1 N–H and O–H groups in total. The van der Waals surface area contributed by atoms with E-state index in [2.05, 4.69) is 11.9 Å². The number of hydrogen-bond donors (Lipinski definition) is 1. The Labute approximate surface area is 141 Å². The second kappa shape index (κ2) is 8.48. The van der Waals surface area contributed by atoms with Gasteiger partial charge in [0.25, 0.3) is 0 Å². The van der Waals surface area contributed by atoms with E-state index in [0.29, 0.717) is 17.9 Å². The summed E-state index contributed by atoms with van der Waals surface area (Å²) < 4.78 is 5.40. The van der Waals surface area contributed by atoms with Crippen molar-refractivity contribution in [2.75, 3.05) is 11.9 Å². The maximum absolute atomic E-state index is 12.0. The van der Waals surface area contributed by atoms with E-state index in [9.17, 15) is 9.59 Å². The number of carbonyl (C=O) groups excluding carboxylic acids is 2. The van der Waals surface area contributed by atoms with Crippen LogP contribution in [0.5, 0.6) is 5.75 Å². The summed E-state index contributed by atoms with van der Waals surface area (Å²) in [6.45, 7) is 5.54. The Bertz CT molecular complexity index is 761. The first-order chi connectivity index (χ1) is 11.6. The SMILES string of the molecule is C=CCOc1ccc(/C=C/C(=O)Nc2cccc(C(C)=O)c2)cc1. The van der Waals surface area contributed by atoms with Gasteiger partial charge in [-0.05, 0) is 42.8 Å². The van der Waals surface area contributed by atoms with Gasteiger partial charge < -0.3 is 10.1 Å². The molecule has 0 saturated carbocycles. The van der Waals surface area contributed by atoms with E-state index in [1.807, 2.05) is 24.3 Å². The molecule has 1 amide bonds. The first-order valence-corrected chi connectivity index (χ1v) is 7.52. The molecule has 0 radical (unpaired) electrons. The minimum absolute atomic E-state index is 0.0413. The molecule has 0 atom stereocenters. The highest BCUT2D eigenvalue weighted by atomic mass is 16.5. The monoisotopic (exact) mass is 321 g/mol. The lowest BCUT2D eigenvalue weighted by atomic mass is 10.1. The van der Waals surface area contributed by atoms with Crippen LogP contribution in [0.4, 0.5) is 5.69 Å². The van der Waals surface area contributed by atoms with Crippen molar-refractivity contribution in [3.63, 3.8) is 0 Å². The van der Waals surface area contributed by atoms with Gasteiger partial charge in [-0.1, -0.05) is 36.9 Å². The summed E-state index contributed by atoms with van der Waals surface area (Å²) in [6.07, 6.45) is 4.83. The number of benzene rings is 2. The molecule has 2 aromatic rings. The first-order valence-electron chi connectivity index (χ1n) is 7.52. The van der Waals surface area contributed by atoms with Crippen molar-refractivity contribution in [1.29, 1.82) is 0 Å². The third kappa shape index (κ3) is 5.25. The Morgan fingerprint density at radius 2 is 1.92 bits per heavy atom. The summed E-state index contributed by atoms with van der Waals surface area (Å²) >= 11 is 0. The number of anilines is 1. The van der Waals surface area contributed by atoms with Crippen molar-refractivity contribution in [3.8, 4) is 5.75 Å². The Balaban J connectivity index is 1.96. The van der Waals surface area contributed by atoms with Crippen molar-refractivity contribution < 1.29 is 14.3 Å². The highest BCUT2D eigenvalue weighted by Crippen LogP contribution is 2.14. The Hall–Kier alpha value is -3.14. The van der Waals surface area contributed by atoms with Gasteiger partial charge in [0.15, 0.2) is 5.78 Å². The second-order valence-corrected chi connectivity index (χ2v) is 5.13. The van der Waals surface area contributed by atoms with Crippen LogP contribution in [0.15, 0.2) is 67.3 Å². The van der Waals surface area contributed by atoms with Gasteiger partial charge in [0, 0.05) is 17.3 Å². The molecule has 0 heterocycles. The van der Waals surface area contributed by atoms with E-state index in [1.54, 1.807) is 36.4 Å². The van der Waals surface area contributed by atoms with Gasteiger partial charge in [0.1, 0.15) is 12.4 Å². The van der Waals surface area contributed by atoms with Gasteiger partial charge in [-0.3, -0.25) is 9.59 Å². The van der Waals surface area contributed by atoms with Gasteiger partial charge in [-0.2, -0.15) is 0 Å². The van der Waals surface area contributed by atoms with Crippen LogP contribution in [-0.4, -0.2) is 18.3 Å². The average Bonchev–Trinajstić information content (AvgIpc) is 2.59. The summed E-state index contributed by atoms with van der Waals surface area (Å²) in [6, 6.07) is 14.2. The predicted molar refractivity (Wildman–Crippen MR) is 96.2 cm³/mol. The zero-order chi connectivity index (χ0) is 17.4. The smallest absolute Gasteiger partial charge is 0.248 e. The van der Waals surface area contributed by atoms with E-state index in [4.69, 9.17) is 4.74 Å². The Kier molecular flexibility index (Phi) is 6.08. The molecule has 0 bridgehead atoms. The van der Waals surface area contributed by atoms with Crippen LogP contribution in [0, 0.1) is 0 Å². The predicted octanol–water partition coefficient (Wildman–Crippen LogP) is 4.11. The van der Waals surface area contributed by atoms with E-state index in [0.717, 1.165) is 11.3 Å². The Morgan fingerprint density at radius 3 is 2.58 bits per heavy atom. The van der Waals surface area contributed by atoms with Crippen molar-refractivity contribution in [2.24, 2.45) is 0 Å². The molecule has 2 aromatic carbocycles. The van der Waals surface area contributed by atoms with Gasteiger partial charge in [0.2, 0.25) is 5.91 Å². The minimum Gasteiger partial charge on any atom is -0.490 e. The highest BCUT2D eigenvalue weighted by Gasteiger charge is 2.02. The van der Waals surface area contributed by atoms with Gasteiger partial charge in [-0.25, -0.2) is 0 Å². The number of amides is 1. The lowest BCUT2D eigenvalue weighted by Crippen LogP contribution is -2.08. The molecule has 0 aliphatic heterocycles. The number of carbonyl (C=O) groups is 2. The molecular formula is C20H19NO3. The van der Waals surface area contributed by atoms with E-state index >= 15 is 0 Å². The third-order valence-electron chi connectivity index (χ3n) is 3.21. The molecule has 2 rings (SSSR count). The molecule has 24 heavy (non-hydrogen) atoms. The normalized spacial score (nSPS) is 10.4. The standard InChI is InChI=1S/C20H19NO3/c1-3-13-24-19-10-7-16(8-11-19)9-12-20(23)21-18-6-4-5-17(14-18)15(2)22/h3-12,14H,1,13H2,2H3,(H,21,23)/b12-9+. The lowest BCUT2D eigenvalue weighted by molar-refractivity contribution is -0.111. The number of ketones is 1. The van der Waals surface area contributed by atoms with Crippen LogP contribution in [0.1, 0.15) is 22.8 Å². The summed E-state index contributed by atoms with van der Waals surface area (Å²) in [5.41, 5.74) is 2.03. The van der Waals surface area contributed by atoms with E-state index in [-0.39, 0.29) is 11.7 Å². The summed E-state index contributed by atoms with van der Waals surface area (Å²) in [7, 11) is 0. The number of ether oxygens (including phenoxy) is 1. The second-order valence-electron chi connectivity index (χ2n) is 5.13. The fourth-order valence-corrected chi connectivity index (χ4v) is 2.00. The van der Waals surface area contributed by atoms with Crippen LogP contribution in [0.3, 0.4) is 0 Å². The van der Waals surface area contributed by atoms with Crippen molar-refractivity contribution in [2.45, 2.75) is 6.92 Å². The highest BCUT2D eigenvalue weighted by molar-refractivity contribution is 6.03. The van der Waals surface area contributed by atoms with E-state index < -0.39 is 0 Å². The molecule has 0 fully saturated rings. The van der Waals surface area contributed by atoms with Gasteiger partial charge in [0.05, 0.1) is 0 Å². The molecule has 0 saturated heterocycles. The van der Waals surface area contributed by atoms with Gasteiger partial charge in [-0.15, -0.1) is 0 Å². The largest absolute Gasteiger partial charge is 0.490 e. The van der Waals surface area contributed by atoms with Crippen molar-refractivity contribution in [3.05, 3.63) is 78.4 Å². The number of rotatable bonds is 7. The fourth-order valence-electron chi connectivity index (χ4n) is 2.00. The zero-order valence-electron chi connectivity index (χ0n) is 13.5. The molecule has 0 aromatic heterocycles. The topological polar surface area (TPSA) is 55.4 Å². The Morgan fingerprint density at radius 1 is 1.17 bits per heavy atom. The first kappa shape index (κ1) is 17.2.